The fourth-order valence-corrected chi connectivity index (χ4v) is 2.77. The zero-order valence-corrected chi connectivity index (χ0v) is 11.7. The van der Waals surface area contributed by atoms with Crippen molar-refractivity contribution in [3.8, 4) is 0 Å². The molecule has 104 valence electrons. The maximum absolute atomic E-state index is 4.76. The molecule has 19 heavy (non-hydrogen) atoms. The summed E-state index contributed by atoms with van der Waals surface area (Å²) in [4.78, 5) is 13.9. The average molecular weight is 261 g/mol. The summed E-state index contributed by atoms with van der Waals surface area (Å²) in [5, 5.41) is 3.36. The number of piperidine rings is 1. The highest BCUT2D eigenvalue weighted by Gasteiger charge is 2.19. The molecule has 2 saturated heterocycles. The van der Waals surface area contributed by atoms with Crippen LogP contribution in [0.5, 0.6) is 0 Å². The van der Waals surface area contributed by atoms with E-state index in [1.165, 1.54) is 12.8 Å². The van der Waals surface area contributed by atoms with E-state index in [0.29, 0.717) is 0 Å². The maximum atomic E-state index is 4.76. The van der Waals surface area contributed by atoms with E-state index in [1.54, 1.807) is 0 Å². The van der Waals surface area contributed by atoms with Gasteiger partial charge in [-0.2, -0.15) is 4.98 Å². The molecule has 3 heterocycles. The number of hydrogen-bond acceptors (Lipinski definition) is 5. The van der Waals surface area contributed by atoms with E-state index in [9.17, 15) is 0 Å². The average Bonchev–Trinajstić information content (AvgIpc) is 2.49. The molecule has 1 aromatic rings. The molecule has 0 bridgehead atoms. The van der Waals surface area contributed by atoms with E-state index in [2.05, 4.69) is 27.0 Å². The SMILES string of the molecule is CC1CCN(c2ccnc(N3CCNCC3)n2)CC1. The Morgan fingerprint density at radius 3 is 2.58 bits per heavy atom. The predicted molar refractivity (Wildman–Crippen MR) is 77.7 cm³/mol. The third-order valence-corrected chi connectivity index (χ3v) is 4.14. The van der Waals surface area contributed by atoms with Gasteiger partial charge in [0.2, 0.25) is 5.95 Å². The summed E-state index contributed by atoms with van der Waals surface area (Å²) in [6.45, 7) is 8.63. The zero-order chi connectivity index (χ0) is 13.1. The first-order valence-electron chi connectivity index (χ1n) is 7.36. The molecule has 1 N–H and O–H groups in total. The standard InChI is InChI=1S/C14H23N5/c1-12-3-8-18(9-4-12)13-2-5-16-14(17-13)19-10-6-15-7-11-19/h2,5,12,15H,3-4,6-11H2,1H3. The van der Waals surface area contributed by atoms with Gasteiger partial charge in [0.1, 0.15) is 5.82 Å². The van der Waals surface area contributed by atoms with Crippen molar-refractivity contribution >= 4 is 11.8 Å². The Labute approximate surface area is 115 Å². The van der Waals surface area contributed by atoms with Crippen molar-refractivity contribution in [3.63, 3.8) is 0 Å². The Morgan fingerprint density at radius 2 is 1.84 bits per heavy atom. The van der Waals surface area contributed by atoms with Crippen molar-refractivity contribution in [3.05, 3.63) is 12.3 Å². The van der Waals surface area contributed by atoms with Crippen molar-refractivity contribution in [2.24, 2.45) is 5.92 Å². The van der Waals surface area contributed by atoms with Gasteiger partial charge in [0.05, 0.1) is 0 Å². The van der Waals surface area contributed by atoms with Gasteiger partial charge in [-0.05, 0) is 24.8 Å². The number of piperazine rings is 1. The molecule has 0 aromatic carbocycles. The molecule has 0 aliphatic carbocycles. The van der Waals surface area contributed by atoms with Gasteiger partial charge in [0, 0.05) is 45.5 Å². The Bertz CT molecular complexity index is 408. The second-order valence-corrected chi connectivity index (χ2v) is 5.62. The highest BCUT2D eigenvalue weighted by Crippen LogP contribution is 2.22. The second kappa shape index (κ2) is 5.74. The van der Waals surface area contributed by atoms with Crippen LogP contribution in [0.15, 0.2) is 12.3 Å². The van der Waals surface area contributed by atoms with E-state index in [4.69, 9.17) is 4.98 Å². The minimum absolute atomic E-state index is 0.853. The number of nitrogens with zero attached hydrogens (tertiary/aromatic N) is 4. The van der Waals surface area contributed by atoms with Gasteiger partial charge in [-0.1, -0.05) is 6.92 Å². The fourth-order valence-electron chi connectivity index (χ4n) is 2.77. The Morgan fingerprint density at radius 1 is 1.11 bits per heavy atom. The molecule has 0 unspecified atom stereocenters. The molecular weight excluding hydrogens is 238 g/mol. The van der Waals surface area contributed by atoms with E-state index in [-0.39, 0.29) is 0 Å². The van der Waals surface area contributed by atoms with Gasteiger partial charge >= 0.3 is 0 Å². The lowest BCUT2D eigenvalue weighted by molar-refractivity contribution is 0.436. The van der Waals surface area contributed by atoms with Crippen molar-refractivity contribution in [2.75, 3.05) is 49.1 Å². The molecule has 0 saturated carbocycles. The first-order valence-corrected chi connectivity index (χ1v) is 7.36. The smallest absolute Gasteiger partial charge is 0.227 e. The summed E-state index contributed by atoms with van der Waals surface area (Å²) in [7, 11) is 0. The molecule has 0 amide bonds. The summed E-state index contributed by atoms with van der Waals surface area (Å²) in [5.74, 6) is 2.83. The van der Waals surface area contributed by atoms with Gasteiger partial charge in [-0.15, -0.1) is 0 Å². The molecule has 5 nitrogen and oxygen atoms in total. The van der Waals surface area contributed by atoms with Crippen LogP contribution in [0.4, 0.5) is 11.8 Å². The van der Waals surface area contributed by atoms with Crippen LogP contribution in [0.25, 0.3) is 0 Å². The molecular formula is C14H23N5. The van der Waals surface area contributed by atoms with Crippen LogP contribution >= 0.6 is 0 Å². The first kappa shape index (κ1) is 12.7. The maximum Gasteiger partial charge on any atom is 0.227 e. The van der Waals surface area contributed by atoms with Crippen LogP contribution in [-0.4, -0.2) is 49.2 Å². The van der Waals surface area contributed by atoms with Crippen LogP contribution in [-0.2, 0) is 0 Å². The number of hydrogen-bond donors (Lipinski definition) is 1. The molecule has 0 spiro atoms. The summed E-state index contributed by atoms with van der Waals surface area (Å²) in [6.07, 6.45) is 4.44. The minimum atomic E-state index is 0.853. The molecule has 3 rings (SSSR count). The highest BCUT2D eigenvalue weighted by molar-refractivity contribution is 5.44. The number of nitrogens with one attached hydrogen (secondary N) is 1. The van der Waals surface area contributed by atoms with Crippen molar-refractivity contribution < 1.29 is 0 Å². The molecule has 5 heteroatoms. The Hall–Kier alpha value is -1.36. The largest absolute Gasteiger partial charge is 0.356 e. The van der Waals surface area contributed by atoms with Gasteiger partial charge in [-0.3, -0.25) is 0 Å². The first-order chi connectivity index (χ1) is 9.33. The highest BCUT2D eigenvalue weighted by atomic mass is 15.3. The van der Waals surface area contributed by atoms with Crippen LogP contribution in [0.2, 0.25) is 0 Å². The molecule has 1 aromatic heterocycles. The zero-order valence-electron chi connectivity index (χ0n) is 11.7. The quantitative estimate of drug-likeness (QED) is 0.864. The van der Waals surface area contributed by atoms with E-state index >= 15 is 0 Å². The number of anilines is 2. The molecule has 0 atom stereocenters. The third-order valence-electron chi connectivity index (χ3n) is 4.14. The molecule has 2 aliphatic rings. The fraction of sp³-hybridized carbons (Fsp3) is 0.714. The summed E-state index contributed by atoms with van der Waals surface area (Å²) < 4.78 is 0. The lowest BCUT2D eigenvalue weighted by Gasteiger charge is -2.32. The normalized spacial score (nSPS) is 21.7. The molecule has 2 fully saturated rings. The summed E-state index contributed by atoms with van der Waals surface area (Å²) in [6, 6.07) is 2.04. The third kappa shape index (κ3) is 2.97. The Balaban J connectivity index is 1.72. The molecule has 2 aliphatic heterocycles. The predicted octanol–water partition coefficient (Wildman–Crippen LogP) is 1.12. The van der Waals surface area contributed by atoms with Crippen molar-refractivity contribution in [1.82, 2.24) is 15.3 Å². The van der Waals surface area contributed by atoms with Gasteiger partial charge < -0.3 is 15.1 Å². The van der Waals surface area contributed by atoms with Crippen LogP contribution < -0.4 is 15.1 Å². The van der Waals surface area contributed by atoms with E-state index in [0.717, 1.165) is 57.0 Å². The summed E-state index contributed by atoms with van der Waals surface area (Å²) in [5.41, 5.74) is 0. The topological polar surface area (TPSA) is 44.3 Å². The van der Waals surface area contributed by atoms with Crippen LogP contribution in [0, 0.1) is 5.92 Å². The lowest BCUT2D eigenvalue weighted by Crippen LogP contribution is -2.44. The van der Waals surface area contributed by atoms with Gasteiger partial charge in [0.15, 0.2) is 0 Å². The van der Waals surface area contributed by atoms with E-state index < -0.39 is 0 Å². The number of rotatable bonds is 2. The Kier molecular flexibility index (Phi) is 3.82. The lowest BCUT2D eigenvalue weighted by atomic mass is 9.99. The molecule has 0 radical (unpaired) electrons. The van der Waals surface area contributed by atoms with Gasteiger partial charge in [0.25, 0.3) is 0 Å². The van der Waals surface area contributed by atoms with Gasteiger partial charge in [-0.25, -0.2) is 4.98 Å². The monoisotopic (exact) mass is 261 g/mol. The van der Waals surface area contributed by atoms with Crippen molar-refractivity contribution in [2.45, 2.75) is 19.8 Å². The van der Waals surface area contributed by atoms with Crippen LogP contribution in [0.3, 0.4) is 0 Å². The second-order valence-electron chi connectivity index (χ2n) is 5.62. The van der Waals surface area contributed by atoms with Crippen LogP contribution in [0.1, 0.15) is 19.8 Å². The van der Waals surface area contributed by atoms with Crippen molar-refractivity contribution in [1.29, 1.82) is 0 Å². The summed E-state index contributed by atoms with van der Waals surface area (Å²) >= 11 is 0. The van der Waals surface area contributed by atoms with E-state index in [1.807, 2.05) is 12.3 Å². The minimum Gasteiger partial charge on any atom is -0.356 e. The number of aromatic nitrogens is 2.